The van der Waals surface area contributed by atoms with Crippen molar-refractivity contribution in [2.75, 3.05) is 5.32 Å². The van der Waals surface area contributed by atoms with E-state index in [1.807, 2.05) is 49.4 Å². The number of hydrogen-bond donors (Lipinski definition) is 2. The molecule has 0 bridgehead atoms. The van der Waals surface area contributed by atoms with E-state index in [0.717, 1.165) is 27.7 Å². The van der Waals surface area contributed by atoms with E-state index >= 15 is 0 Å². The highest BCUT2D eigenvalue weighted by molar-refractivity contribution is 6.02. The number of benzene rings is 2. The van der Waals surface area contributed by atoms with Gasteiger partial charge in [-0.3, -0.25) is 9.89 Å². The Balaban J connectivity index is 1.71. The average molecular weight is 277 g/mol. The molecule has 21 heavy (non-hydrogen) atoms. The van der Waals surface area contributed by atoms with Crippen LogP contribution in [0.1, 0.15) is 11.1 Å². The van der Waals surface area contributed by atoms with Gasteiger partial charge in [0.25, 0.3) is 0 Å². The summed E-state index contributed by atoms with van der Waals surface area (Å²) < 4.78 is 0. The number of anilines is 1. The van der Waals surface area contributed by atoms with Crippen LogP contribution in [0.2, 0.25) is 0 Å². The van der Waals surface area contributed by atoms with Crippen LogP contribution in [0.5, 0.6) is 0 Å². The molecule has 4 nitrogen and oxygen atoms in total. The van der Waals surface area contributed by atoms with Gasteiger partial charge < -0.3 is 5.32 Å². The number of hydrogen-bond acceptors (Lipinski definition) is 2. The first kappa shape index (κ1) is 13.1. The lowest BCUT2D eigenvalue weighted by molar-refractivity contribution is -0.111. The second kappa shape index (κ2) is 5.63. The maximum Gasteiger partial charge on any atom is 0.248 e. The van der Waals surface area contributed by atoms with Gasteiger partial charge in [0.1, 0.15) is 0 Å². The van der Waals surface area contributed by atoms with Crippen LogP contribution in [0, 0.1) is 6.92 Å². The Morgan fingerprint density at radius 2 is 2.14 bits per heavy atom. The minimum Gasteiger partial charge on any atom is -0.323 e. The second-order valence-corrected chi connectivity index (χ2v) is 4.91. The molecule has 104 valence electrons. The summed E-state index contributed by atoms with van der Waals surface area (Å²) in [6, 6.07) is 13.6. The molecular weight excluding hydrogens is 262 g/mol. The van der Waals surface area contributed by atoms with Gasteiger partial charge in [-0.1, -0.05) is 24.3 Å². The zero-order chi connectivity index (χ0) is 14.7. The smallest absolute Gasteiger partial charge is 0.248 e. The predicted octanol–water partition coefficient (Wildman–Crippen LogP) is 3.52. The van der Waals surface area contributed by atoms with Gasteiger partial charge in [-0.05, 0) is 42.3 Å². The molecule has 0 aliphatic rings. The van der Waals surface area contributed by atoms with Crippen molar-refractivity contribution >= 4 is 28.6 Å². The van der Waals surface area contributed by atoms with Gasteiger partial charge >= 0.3 is 0 Å². The molecule has 0 unspecified atom stereocenters. The molecular formula is C17H15N3O. The van der Waals surface area contributed by atoms with Crippen LogP contribution in [0.15, 0.2) is 54.7 Å². The van der Waals surface area contributed by atoms with Crippen LogP contribution < -0.4 is 5.32 Å². The van der Waals surface area contributed by atoms with Gasteiger partial charge in [-0.15, -0.1) is 0 Å². The van der Waals surface area contributed by atoms with Crippen LogP contribution in [0.3, 0.4) is 0 Å². The third-order valence-corrected chi connectivity index (χ3v) is 3.18. The third kappa shape index (κ3) is 3.17. The van der Waals surface area contributed by atoms with E-state index in [1.54, 1.807) is 12.3 Å². The number of rotatable bonds is 3. The number of aromatic amines is 1. The Morgan fingerprint density at radius 3 is 3.00 bits per heavy atom. The molecule has 4 heteroatoms. The van der Waals surface area contributed by atoms with Gasteiger partial charge in [-0.2, -0.15) is 5.10 Å². The first-order chi connectivity index (χ1) is 10.2. The molecule has 1 heterocycles. The Morgan fingerprint density at radius 1 is 1.24 bits per heavy atom. The number of H-pyrrole nitrogens is 1. The van der Waals surface area contributed by atoms with Gasteiger partial charge in [0.15, 0.2) is 0 Å². The lowest BCUT2D eigenvalue weighted by atomic mass is 10.1. The summed E-state index contributed by atoms with van der Waals surface area (Å²) in [6.45, 7) is 1.99. The number of amides is 1. The number of nitrogens with zero attached hydrogens (tertiary/aromatic N) is 1. The van der Waals surface area contributed by atoms with Crippen molar-refractivity contribution in [1.82, 2.24) is 10.2 Å². The van der Waals surface area contributed by atoms with Crippen molar-refractivity contribution in [2.45, 2.75) is 6.92 Å². The summed E-state index contributed by atoms with van der Waals surface area (Å²) in [5, 5.41) is 10.8. The fourth-order valence-corrected chi connectivity index (χ4v) is 2.14. The molecule has 1 aromatic heterocycles. The van der Waals surface area contributed by atoms with Crippen molar-refractivity contribution in [1.29, 1.82) is 0 Å². The topological polar surface area (TPSA) is 57.8 Å². The van der Waals surface area contributed by atoms with Crippen molar-refractivity contribution in [3.63, 3.8) is 0 Å². The Hall–Kier alpha value is -2.88. The molecule has 0 aliphatic heterocycles. The van der Waals surface area contributed by atoms with Gasteiger partial charge in [0, 0.05) is 17.1 Å². The molecule has 0 saturated carbocycles. The summed E-state index contributed by atoms with van der Waals surface area (Å²) in [4.78, 5) is 11.9. The third-order valence-electron chi connectivity index (χ3n) is 3.18. The minimum atomic E-state index is -0.148. The monoisotopic (exact) mass is 277 g/mol. The lowest BCUT2D eigenvalue weighted by Gasteiger charge is -2.02. The molecule has 2 aromatic carbocycles. The van der Waals surface area contributed by atoms with Crippen molar-refractivity contribution in [3.8, 4) is 0 Å². The first-order valence-corrected chi connectivity index (χ1v) is 6.69. The molecule has 0 spiro atoms. The Kier molecular flexibility index (Phi) is 3.51. The predicted molar refractivity (Wildman–Crippen MR) is 84.9 cm³/mol. The van der Waals surface area contributed by atoms with E-state index in [-0.39, 0.29) is 5.91 Å². The number of carbonyl (C=O) groups is 1. The summed E-state index contributed by atoms with van der Waals surface area (Å²) >= 11 is 0. The van der Waals surface area contributed by atoms with Crippen LogP contribution in [-0.2, 0) is 4.79 Å². The summed E-state index contributed by atoms with van der Waals surface area (Å²) in [5.74, 6) is -0.148. The Labute approximate surface area is 122 Å². The van der Waals surface area contributed by atoms with Crippen LogP contribution in [-0.4, -0.2) is 16.1 Å². The maximum atomic E-state index is 11.9. The molecule has 0 radical (unpaired) electrons. The number of nitrogens with one attached hydrogen (secondary N) is 2. The average Bonchev–Trinajstić information content (AvgIpc) is 2.92. The fourth-order valence-electron chi connectivity index (χ4n) is 2.14. The number of fused-ring (bicyclic) bond motifs is 1. The van der Waals surface area contributed by atoms with Gasteiger partial charge in [0.05, 0.1) is 11.7 Å². The summed E-state index contributed by atoms with van der Waals surface area (Å²) in [7, 11) is 0. The van der Waals surface area contributed by atoms with E-state index in [0.29, 0.717) is 0 Å². The van der Waals surface area contributed by atoms with E-state index in [4.69, 9.17) is 0 Å². The SMILES string of the molecule is Cc1cccc(NC(=O)/C=C/c2ccc3cn[nH]c3c2)c1. The number of aromatic nitrogens is 2. The van der Waals surface area contributed by atoms with Crippen molar-refractivity contribution in [2.24, 2.45) is 0 Å². The zero-order valence-corrected chi connectivity index (χ0v) is 11.6. The quantitative estimate of drug-likeness (QED) is 0.720. The first-order valence-electron chi connectivity index (χ1n) is 6.69. The normalized spacial score (nSPS) is 11.1. The summed E-state index contributed by atoms with van der Waals surface area (Å²) in [6.07, 6.45) is 5.08. The fraction of sp³-hybridized carbons (Fsp3) is 0.0588. The van der Waals surface area contributed by atoms with Crippen LogP contribution in [0.25, 0.3) is 17.0 Å². The molecule has 0 saturated heterocycles. The second-order valence-electron chi connectivity index (χ2n) is 4.91. The molecule has 2 N–H and O–H groups in total. The molecule has 0 fully saturated rings. The van der Waals surface area contributed by atoms with E-state index in [1.165, 1.54) is 6.08 Å². The van der Waals surface area contributed by atoms with E-state index in [9.17, 15) is 4.79 Å². The van der Waals surface area contributed by atoms with Crippen LogP contribution >= 0.6 is 0 Å². The maximum absolute atomic E-state index is 11.9. The molecule has 3 aromatic rings. The van der Waals surface area contributed by atoms with E-state index in [2.05, 4.69) is 15.5 Å². The van der Waals surface area contributed by atoms with Gasteiger partial charge in [0.2, 0.25) is 5.91 Å². The van der Waals surface area contributed by atoms with Gasteiger partial charge in [-0.25, -0.2) is 0 Å². The largest absolute Gasteiger partial charge is 0.323 e. The molecule has 0 aliphatic carbocycles. The lowest BCUT2D eigenvalue weighted by Crippen LogP contribution is -2.07. The zero-order valence-electron chi connectivity index (χ0n) is 11.6. The van der Waals surface area contributed by atoms with Crippen LogP contribution in [0.4, 0.5) is 5.69 Å². The molecule has 0 atom stereocenters. The molecule has 1 amide bonds. The number of aryl methyl sites for hydroxylation is 1. The highest BCUT2D eigenvalue weighted by Gasteiger charge is 1.99. The minimum absolute atomic E-state index is 0.148. The highest BCUT2D eigenvalue weighted by Crippen LogP contribution is 2.14. The Bertz CT molecular complexity index is 818. The standard InChI is InChI=1S/C17H15N3O/c1-12-3-2-4-15(9-12)19-17(21)8-6-13-5-7-14-11-18-20-16(14)10-13/h2-11H,1H3,(H,18,20)(H,19,21)/b8-6+. The molecule has 3 rings (SSSR count). The summed E-state index contributed by atoms with van der Waals surface area (Å²) in [5.41, 5.74) is 3.82. The van der Waals surface area contributed by atoms with E-state index < -0.39 is 0 Å². The van der Waals surface area contributed by atoms with Crippen molar-refractivity contribution < 1.29 is 4.79 Å². The number of carbonyl (C=O) groups excluding carboxylic acids is 1. The van der Waals surface area contributed by atoms with Crippen molar-refractivity contribution in [3.05, 3.63) is 65.9 Å². The highest BCUT2D eigenvalue weighted by atomic mass is 16.1.